The highest BCUT2D eigenvalue weighted by Crippen LogP contribution is 2.15. The number of para-hydroxylation sites is 1. The Kier molecular flexibility index (Phi) is 7.86. The molecular weight excluding hydrogens is 399 g/mol. The summed E-state index contributed by atoms with van der Waals surface area (Å²) in [6.07, 6.45) is -0.0407. The molecule has 0 bridgehead atoms. The highest BCUT2D eigenvalue weighted by Gasteiger charge is 2.16. The standard InChI is InChI=1S/C20H23FN2O5S/c1-15(24)16-7-9-17(10-8-16)29(26,27)22-12-11-20(25)23(2)13-14-28-19-6-4-3-5-18(19)21/h3-10,22H,11-14H2,1-2H3. The first-order valence-corrected chi connectivity index (χ1v) is 10.4. The van der Waals surface area contributed by atoms with E-state index in [4.69, 9.17) is 4.74 Å². The number of ketones is 1. The summed E-state index contributed by atoms with van der Waals surface area (Å²) in [4.78, 5) is 24.8. The van der Waals surface area contributed by atoms with Crippen molar-refractivity contribution in [2.45, 2.75) is 18.2 Å². The largest absolute Gasteiger partial charge is 0.489 e. The van der Waals surface area contributed by atoms with Gasteiger partial charge in [0.2, 0.25) is 15.9 Å². The number of nitrogens with one attached hydrogen (secondary N) is 1. The van der Waals surface area contributed by atoms with E-state index in [1.807, 2.05) is 0 Å². The number of ether oxygens (including phenoxy) is 1. The Morgan fingerprint density at radius 2 is 1.76 bits per heavy atom. The summed E-state index contributed by atoms with van der Waals surface area (Å²) in [6.45, 7) is 1.66. The van der Waals surface area contributed by atoms with Gasteiger partial charge in [0.25, 0.3) is 0 Å². The van der Waals surface area contributed by atoms with E-state index in [1.165, 1.54) is 48.2 Å². The first-order valence-electron chi connectivity index (χ1n) is 8.92. The number of halogens is 1. The van der Waals surface area contributed by atoms with Crippen LogP contribution in [0.3, 0.4) is 0 Å². The fourth-order valence-corrected chi connectivity index (χ4v) is 3.45. The molecule has 0 radical (unpaired) electrons. The van der Waals surface area contributed by atoms with Crippen LogP contribution in [0.5, 0.6) is 5.75 Å². The zero-order valence-corrected chi connectivity index (χ0v) is 17.0. The molecule has 0 aliphatic heterocycles. The number of benzene rings is 2. The van der Waals surface area contributed by atoms with E-state index in [9.17, 15) is 22.4 Å². The quantitative estimate of drug-likeness (QED) is 0.593. The summed E-state index contributed by atoms with van der Waals surface area (Å²) in [5, 5.41) is 0. The second-order valence-corrected chi connectivity index (χ2v) is 8.09. The van der Waals surface area contributed by atoms with Crippen molar-refractivity contribution in [1.82, 2.24) is 9.62 Å². The lowest BCUT2D eigenvalue weighted by Crippen LogP contribution is -2.34. The molecule has 156 valence electrons. The number of rotatable bonds is 10. The number of sulfonamides is 1. The number of hydrogen-bond donors (Lipinski definition) is 1. The number of Topliss-reactive ketones (excluding diaryl/α,β-unsaturated/α-hetero) is 1. The Morgan fingerprint density at radius 3 is 2.38 bits per heavy atom. The van der Waals surface area contributed by atoms with Gasteiger partial charge in [-0.25, -0.2) is 17.5 Å². The molecular formula is C20H23FN2O5S. The van der Waals surface area contributed by atoms with Crippen LogP contribution >= 0.6 is 0 Å². The van der Waals surface area contributed by atoms with Crippen molar-refractivity contribution in [3.63, 3.8) is 0 Å². The van der Waals surface area contributed by atoms with Crippen LogP contribution in [0.4, 0.5) is 4.39 Å². The molecule has 9 heteroatoms. The third-order valence-electron chi connectivity index (χ3n) is 4.15. The lowest BCUT2D eigenvalue weighted by molar-refractivity contribution is -0.130. The van der Waals surface area contributed by atoms with Gasteiger partial charge in [0.1, 0.15) is 6.61 Å². The first kappa shape index (κ1) is 22.5. The van der Waals surface area contributed by atoms with Crippen molar-refractivity contribution in [1.29, 1.82) is 0 Å². The van der Waals surface area contributed by atoms with Crippen molar-refractivity contribution in [3.05, 3.63) is 59.9 Å². The van der Waals surface area contributed by atoms with Gasteiger partial charge in [-0.1, -0.05) is 24.3 Å². The van der Waals surface area contributed by atoms with Crippen LogP contribution < -0.4 is 9.46 Å². The highest BCUT2D eigenvalue weighted by molar-refractivity contribution is 7.89. The van der Waals surface area contributed by atoms with E-state index in [0.717, 1.165) is 0 Å². The molecule has 0 spiro atoms. The van der Waals surface area contributed by atoms with Crippen LogP contribution in [-0.2, 0) is 14.8 Å². The molecule has 0 aliphatic carbocycles. The number of nitrogens with zero attached hydrogens (tertiary/aromatic N) is 1. The van der Waals surface area contributed by atoms with Gasteiger partial charge in [-0.15, -0.1) is 0 Å². The maximum absolute atomic E-state index is 13.5. The molecule has 0 aliphatic rings. The summed E-state index contributed by atoms with van der Waals surface area (Å²) in [5.41, 5.74) is 0.415. The third kappa shape index (κ3) is 6.65. The van der Waals surface area contributed by atoms with Gasteiger partial charge < -0.3 is 9.64 Å². The molecule has 0 fully saturated rings. The number of carbonyl (C=O) groups is 2. The fourth-order valence-electron chi connectivity index (χ4n) is 2.41. The minimum Gasteiger partial charge on any atom is -0.489 e. The average molecular weight is 422 g/mol. The number of likely N-dealkylation sites (N-methyl/N-ethyl adjacent to an activating group) is 1. The fraction of sp³-hybridized carbons (Fsp3) is 0.300. The second-order valence-electron chi connectivity index (χ2n) is 6.32. The highest BCUT2D eigenvalue weighted by atomic mass is 32.2. The smallest absolute Gasteiger partial charge is 0.240 e. The molecule has 0 saturated carbocycles. The molecule has 0 aromatic heterocycles. The monoisotopic (exact) mass is 422 g/mol. The van der Waals surface area contributed by atoms with E-state index < -0.39 is 15.8 Å². The lowest BCUT2D eigenvalue weighted by Gasteiger charge is -2.18. The molecule has 1 amide bonds. The van der Waals surface area contributed by atoms with Crippen molar-refractivity contribution >= 4 is 21.7 Å². The predicted molar refractivity (Wildman–Crippen MR) is 106 cm³/mol. The van der Waals surface area contributed by atoms with E-state index >= 15 is 0 Å². The molecule has 0 heterocycles. The topological polar surface area (TPSA) is 92.8 Å². The van der Waals surface area contributed by atoms with Crippen molar-refractivity contribution in [2.24, 2.45) is 0 Å². The van der Waals surface area contributed by atoms with Crippen LogP contribution in [0.15, 0.2) is 53.4 Å². The minimum absolute atomic E-state index is 0.0154. The maximum Gasteiger partial charge on any atom is 0.240 e. The Morgan fingerprint density at radius 1 is 1.10 bits per heavy atom. The zero-order chi connectivity index (χ0) is 21.4. The van der Waals surface area contributed by atoms with Crippen molar-refractivity contribution in [3.8, 4) is 5.75 Å². The van der Waals surface area contributed by atoms with Crippen LogP contribution in [0.2, 0.25) is 0 Å². The second kappa shape index (κ2) is 10.1. The average Bonchev–Trinajstić information content (AvgIpc) is 2.69. The van der Waals surface area contributed by atoms with Crippen LogP contribution in [0.1, 0.15) is 23.7 Å². The molecule has 2 aromatic rings. The Labute approximate surface area is 169 Å². The summed E-state index contributed by atoms with van der Waals surface area (Å²) in [7, 11) is -2.22. The maximum atomic E-state index is 13.5. The van der Waals surface area contributed by atoms with E-state index in [-0.39, 0.29) is 48.5 Å². The van der Waals surface area contributed by atoms with E-state index in [0.29, 0.717) is 5.56 Å². The summed E-state index contributed by atoms with van der Waals surface area (Å²) in [6, 6.07) is 11.5. The first-order chi connectivity index (χ1) is 13.7. The third-order valence-corrected chi connectivity index (χ3v) is 5.63. The number of carbonyl (C=O) groups excluding carboxylic acids is 2. The molecule has 2 rings (SSSR count). The number of amides is 1. The van der Waals surface area contributed by atoms with Crippen LogP contribution in [0, 0.1) is 5.82 Å². The number of hydrogen-bond acceptors (Lipinski definition) is 5. The predicted octanol–water partition coefficient (Wildman–Crippen LogP) is 2.23. The van der Waals surface area contributed by atoms with Gasteiger partial charge in [0.15, 0.2) is 17.3 Å². The van der Waals surface area contributed by atoms with Gasteiger partial charge >= 0.3 is 0 Å². The van der Waals surface area contributed by atoms with Crippen molar-refractivity contribution in [2.75, 3.05) is 26.7 Å². The molecule has 1 N–H and O–H groups in total. The van der Waals surface area contributed by atoms with Crippen LogP contribution in [-0.4, -0.2) is 51.8 Å². The van der Waals surface area contributed by atoms with Gasteiger partial charge in [0.05, 0.1) is 11.4 Å². The SMILES string of the molecule is CC(=O)c1ccc(S(=O)(=O)NCCC(=O)N(C)CCOc2ccccc2F)cc1. The Hall–Kier alpha value is -2.78. The van der Waals surface area contributed by atoms with E-state index in [1.54, 1.807) is 19.2 Å². The molecule has 0 atom stereocenters. The molecule has 0 unspecified atom stereocenters. The Bertz CT molecular complexity index is 961. The zero-order valence-electron chi connectivity index (χ0n) is 16.2. The van der Waals surface area contributed by atoms with E-state index in [2.05, 4.69) is 4.72 Å². The van der Waals surface area contributed by atoms with Gasteiger partial charge in [-0.2, -0.15) is 0 Å². The molecule has 0 saturated heterocycles. The van der Waals surface area contributed by atoms with Gasteiger partial charge in [0, 0.05) is 25.6 Å². The normalized spacial score (nSPS) is 11.1. The van der Waals surface area contributed by atoms with Gasteiger partial charge in [-0.05, 0) is 31.2 Å². The minimum atomic E-state index is -3.78. The summed E-state index contributed by atoms with van der Waals surface area (Å²) in [5.74, 6) is -0.810. The Balaban J connectivity index is 1.77. The summed E-state index contributed by atoms with van der Waals surface area (Å²) < 4.78 is 45.6. The van der Waals surface area contributed by atoms with Crippen LogP contribution in [0.25, 0.3) is 0 Å². The molecule has 2 aromatic carbocycles. The molecule has 29 heavy (non-hydrogen) atoms. The lowest BCUT2D eigenvalue weighted by atomic mass is 10.2. The van der Waals surface area contributed by atoms with Gasteiger partial charge in [-0.3, -0.25) is 9.59 Å². The summed E-state index contributed by atoms with van der Waals surface area (Å²) >= 11 is 0. The molecule has 7 nitrogen and oxygen atoms in total. The van der Waals surface area contributed by atoms with Crippen molar-refractivity contribution < 1.29 is 27.1 Å².